The van der Waals surface area contributed by atoms with E-state index in [-0.39, 0.29) is 38.3 Å². The molecule has 0 bridgehead atoms. The summed E-state index contributed by atoms with van der Waals surface area (Å²) in [6.07, 6.45) is 2.03. The number of hydrogen-bond acceptors (Lipinski definition) is 7. The van der Waals surface area contributed by atoms with Crippen LogP contribution in [0.1, 0.15) is 64.5 Å². The van der Waals surface area contributed by atoms with Crippen molar-refractivity contribution in [2.45, 2.75) is 95.6 Å². The van der Waals surface area contributed by atoms with E-state index in [1.165, 1.54) is 0 Å². The molecule has 10 nitrogen and oxygen atoms in total. The van der Waals surface area contributed by atoms with Crippen LogP contribution in [0.5, 0.6) is 0 Å². The molecule has 1 heterocycles. The van der Waals surface area contributed by atoms with Crippen molar-refractivity contribution < 1.29 is 33.6 Å². The highest BCUT2D eigenvalue weighted by Crippen LogP contribution is 2.25. The number of carbonyl (C=O) groups excluding carboxylic acids is 3. The lowest BCUT2D eigenvalue weighted by Gasteiger charge is -2.38. The maximum absolute atomic E-state index is 13.9. The summed E-state index contributed by atoms with van der Waals surface area (Å²) in [5.41, 5.74) is -0.233. The molecule has 2 aromatic rings. The lowest BCUT2D eigenvalue weighted by molar-refractivity contribution is -0.140. The SMILES string of the molecule is COCCC[C@H](BOC(C)(C)C(C)(C)O)NC(=O)C1CCCN1C(=O)[C@@H](Cc1ccccc1)NC(=O)OCc1ccccc1. The number of hydrogen-bond donors (Lipinski definition) is 3. The molecule has 3 atom stereocenters. The molecule has 1 saturated heterocycles. The number of nitrogens with one attached hydrogen (secondary N) is 2. The van der Waals surface area contributed by atoms with Crippen LogP contribution in [0.2, 0.25) is 0 Å². The molecule has 0 aromatic heterocycles. The Labute approximate surface area is 262 Å². The summed E-state index contributed by atoms with van der Waals surface area (Å²) in [5, 5.41) is 16.4. The summed E-state index contributed by atoms with van der Waals surface area (Å²) in [7, 11) is 1.82. The van der Waals surface area contributed by atoms with Gasteiger partial charge in [0.1, 0.15) is 18.7 Å². The Morgan fingerprint density at radius 1 is 1.00 bits per heavy atom. The second kappa shape index (κ2) is 16.6. The highest BCUT2D eigenvalue weighted by molar-refractivity contribution is 6.30. The molecule has 0 spiro atoms. The molecule has 240 valence electrons. The zero-order valence-corrected chi connectivity index (χ0v) is 26.7. The number of methoxy groups -OCH3 is 1. The van der Waals surface area contributed by atoms with Crippen LogP contribution >= 0.6 is 0 Å². The maximum Gasteiger partial charge on any atom is 0.408 e. The molecular weight excluding hydrogens is 561 g/mol. The van der Waals surface area contributed by atoms with Crippen LogP contribution in [0.4, 0.5) is 4.79 Å². The van der Waals surface area contributed by atoms with Gasteiger partial charge in [-0.05, 0) is 64.5 Å². The van der Waals surface area contributed by atoms with E-state index < -0.39 is 29.4 Å². The van der Waals surface area contributed by atoms with Crippen molar-refractivity contribution in [2.75, 3.05) is 20.3 Å². The predicted octanol–water partition coefficient (Wildman–Crippen LogP) is 3.30. The van der Waals surface area contributed by atoms with Gasteiger partial charge in [-0.15, -0.1) is 0 Å². The normalized spacial score (nSPS) is 16.6. The number of amides is 3. The number of likely N-dealkylation sites (tertiary alicyclic amines) is 1. The average Bonchev–Trinajstić information content (AvgIpc) is 3.49. The first kappa shape index (κ1) is 35.1. The molecule has 3 N–H and O–H groups in total. The molecule has 0 aliphatic carbocycles. The topological polar surface area (TPSA) is 126 Å². The van der Waals surface area contributed by atoms with Crippen LogP contribution in [-0.2, 0) is 36.7 Å². The van der Waals surface area contributed by atoms with Crippen molar-refractivity contribution in [1.29, 1.82) is 0 Å². The number of alkyl carbamates (subject to hydrolysis) is 1. The number of rotatable bonds is 16. The molecule has 0 saturated carbocycles. The first-order valence-electron chi connectivity index (χ1n) is 15.4. The second-order valence-corrected chi connectivity index (χ2v) is 12.4. The van der Waals surface area contributed by atoms with E-state index >= 15 is 0 Å². The van der Waals surface area contributed by atoms with Gasteiger partial charge < -0.3 is 34.8 Å². The second-order valence-electron chi connectivity index (χ2n) is 12.4. The maximum atomic E-state index is 13.9. The molecule has 0 radical (unpaired) electrons. The Balaban J connectivity index is 1.71. The summed E-state index contributed by atoms with van der Waals surface area (Å²) in [6, 6.07) is 17.1. The summed E-state index contributed by atoms with van der Waals surface area (Å²) in [5.74, 6) is -0.949. The fraction of sp³-hybridized carbons (Fsp3) is 0.545. The third-order valence-electron chi connectivity index (χ3n) is 8.29. The Hall–Kier alpha value is -3.41. The van der Waals surface area contributed by atoms with Gasteiger partial charge in [-0.2, -0.15) is 0 Å². The third kappa shape index (κ3) is 10.6. The van der Waals surface area contributed by atoms with Crippen molar-refractivity contribution >= 4 is 25.4 Å². The molecule has 3 amide bonds. The fourth-order valence-corrected chi connectivity index (χ4v) is 4.91. The van der Waals surface area contributed by atoms with E-state index in [0.717, 1.165) is 11.1 Å². The summed E-state index contributed by atoms with van der Waals surface area (Å²) < 4.78 is 16.7. The van der Waals surface area contributed by atoms with E-state index in [1.807, 2.05) is 74.5 Å². The fourth-order valence-electron chi connectivity index (χ4n) is 4.91. The molecular formula is C33H48BN3O7. The Kier molecular flexibility index (Phi) is 13.2. The molecule has 44 heavy (non-hydrogen) atoms. The minimum Gasteiger partial charge on any atom is -0.445 e. The third-order valence-corrected chi connectivity index (χ3v) is 8.29. The zero-order chi connectivity index (χ0) is 32.2. The lowest BCUT2D eigenvalue weighted by Crippen LogP contribution is -2.56. The molecule has 2 aromatic carbocycles. The average molecular weight is 610 g/mol. The highest BCUT2D eigenvalue weighted by atomic mass is 16.5. The van der Waals surface area contributed by atoms with Gasteiger partial charge in [-0.1, -0.05) is 60.7 Å². The molecule has 1 fully saturated rings. The molecule has 1 aliphatic heterocycles. The van der Waals surface area contributed by atoms with Crippen LogP contribution in [0.15, 0.2) is 60.7 Å². The van der Waals surface area contributed by atoms with Crippen molar-refractivity contribution in [1.82, 2.24) is 15.5 Å². The first-order chi connectivity index (χ1) is 20.9. The van der Waals surface area contributed by atoms with Crippen LogP contribution in [0, 0.1) is 0 Å². The number of benzene rings is 2. The number of carbonyl (C=O) groups is 3. The van der Waals surface area contributed by atoms with Crippen LogP contribution < -0.4 is 10.6 Å². The van der Waals surface area contributed by atoms with Crippen LogP contribution in [0.3, 0.4) is 0 Å². The van der Waals surface area contributed by atoms with E-state index in [4.69, 9.17) is 14.1 Å². The van der Waals surface area contributed by atoms with Gasteiger partial charge >= 0.3 is 6.09 Å². The minimum atomic E-state index is -1.09. The number of nitrogens with zero attached hydrogens (tertiary/aromatic N) is 1. The summed E-state index contributed by atoms with van der Waals surface area (Å²) >= 11 is 0. The predicted molar refractivity (Wildman–Crippen MR) is 170 cm³/mol. The Morgan fingerprint density at radius 2 is 1.64 bits per heavy atom. The number of aliphatic hydroxyl groups is 1. The standard InChI is InChI=1S/C33H48BN3O7/c1-32(2,41)33(3,4)44-34-28(19-13-21-42-5)36-29(38)27-18-12-20-37(27)30(39)26(22-24-14-8-6-9-15-24)35-31(40)43-23-25-16-10-7-11-17-25/h6-11,14-17,26-28,34,41H,12-13,18-23H2,1-5H3,(H,35,40)(H,36,38)/t26-,27?,28-/m1/s1. The minimum absolute atomic E-state index is 0.0739. The molecule has 1 aliphatic rings. The zero-order valence-electron chi connectivity index (χ0n) is 26.7. The number of ether oxygens (including phenoxy) is 2. The van der Waals surface area contributed by atoms with Crippen molar-refractivity contribution in [3.63, 3.8) is 0 Å². The van der Waals surface area contributed by atoms with Gasteiger partial charge in [0.2, 0.25) is 11.8 Å². The van der Waals surface area contributed by atoms with E-state index in [0.29, 0.717) is 38.8 Å². The summed E-state index contributed by atoms with van der Waals surface area (Å²) in [4.78, 5) is 42.0. The van der Waals surface area contributed by atoms with E-state index in [2.05, 4.69) is 10.6 Å². The van der Waals surface area contributed by atoms with Crippen molar-refractivity contribution in [3.05, 3.63) is 71.8 Å². The van der Waals surface area contributed by atoms with Crippen molar-refractivity contribution in [3.8, 4) is 0 Å². The molecule has 3 rings (SSSR count). The Morgan fingerprint density at radius 3 is 2.25 bits per heavy atom. The van der Waals surface area contributed by atoms with Gasteiger partial charge in [-0.3, -0.25) is 9.59 Å². The van der Waals surface area contributed by atoms with Crippen LogP contribution in [-0.4, -0.2) is 84.9 Å². The van der Waals surface area contributed by atoms with Gasteiger partial charge in [0.05, 0.1) is 11.2 Å². The van der Waals surface area contributed by atoms with Crippen LogP contribution in [0.25, 0.3) is 0 Å². The Bertz CT molecular complexity index is 1190. The van der Waals surface area contributed by atoms with Gasteiger partial charge in [-0.25, -0.2) is 4.79 Å². The van der Waals surface area contributed by atoms with Crippen molar-refractivity contribution in [2.24, 2.45) is 0 Å². The smallest absolute Gasteiger partial charge is 0.408 e. The highest BCUT2D eigenvalue weighted by Gasteiger charge is 2.40. The monoisotopic (exact) mass is 609 g/mol. The van der Waals surface area contributed by atoms with E-state index in [9.17, 15) is 19.5 Å². The van der Waals surface area contributed by atoms with Gasteiger partial charge in [0.15, 0.2) is 0 Å². The van der Waals surface area contributed by atoms with Gasteiger partial charge in [0, 0.05) is 32.6 Å². The van der Waals surface area contributed by atoms with E-state index in [1.54, 1.807) is 25.9 Å². The molecule has 1 unspecified atom stereocenters. The largest absolute Gasteiger partial charge is 0.445 e. The summed E-state index contributed by atoms with van der Waals surface area (Å²) in [6.45, 7) is 7.99. The van der Waals surface area contributed by atoms with Gasteiger partial charge in [0.25, 0.3) is 7.48 Å². The quantitative estimate of drug-likeness (QED) is 0.197. The first-order valence-corrected chi connectivity index (χ1v) is 15.4. The molecule has 11 heteroatoms. The lowest BCUT2D eigenvalue weighted by atomic mass is 9.80.